The van der Waals surface area contributed by atoms with Crippen LogP contribution in [0.15, 0.2) is 18.2 Å². The predicted octanol–water partition coefficient (Wildman–Crippen LogP) is 2.79. The maximum Gasteiger partial charge on any atom is 0.303 e. The number of rotatable bonds is 7. The van der Waals surface area contributed by atoms with E-state index in [9.17, 15) is 19.3 Å². The number of nitrogens with one attached hydrogen (secondary N) is 1. The van der Waals surface area contributed by atoms with Crippen LogP contribution in [-0.2, 0) is 4.79 Å². The molecule has 0 aliphatic heterocycles. The van der Waals surface area contributed by atoms with Crippen molar-refractivity contribution in [3.8, 4) is 0 Å². The molecule has 0 amide bonds. The second kappa shape index (κ2) is 6.67. The topological polar surface area (TPSA) is 92.5 Å². The standard InChI is InChI=1S/C12H15FN2O4/c1-8(3-2-4-12(16)17)14-10-7-9(13)5-6-11(10)15(18)19/h5-8,14H,2-4H2,1H3,(H,16,17). The second-order valence-corrected chi connectivity index (χ2v) is 4.25. The molecule has 0 heterocycles. The van der Waals surface area contributed by atoms with E-state index in [-0.39, 0.29) is 23.8 Å². The summed E-state index contributed by atoms with van der Waals surface area (Å²) in [6, 6.07) is 3.01. The molecule has 0 bridgehead atoms. The third-order valence-corrected chi connectivity index (χ3v) is 2.58. The number of nitro groups is 1. The molecule has 0 saturated heterocycles. The third kappa shape index (κ3) is 4.90. The number of carbonyl (C=O) groups is 1. The van der Waals surface area contributed by atoms with Gasteiger partial charge in [-0.1, -0.05) is 0 Å². The molecule has 0 spiro atoms. The van der Waals surface area contributed by atoms with Crippen LogP contribution in [0.4, 0.5) is 15.8 Å². The molecule has 0 aromatic heterocycles. The van der Waals surface area contributed by atoms with Crippen LogP contribution >= 0.6 is 0 Å². The summed E-state index contributed by atoms with van der Waals surface area (Å²) in [5.41, 5.74) is -0.0979. The van der Waals surface area contributed by atoms with Crippen LogP contribution in [0.25, 0.3) is 0 Å². The molecule has 104 valence electrons. The van der Waals surface area contributed by atoms with Gasteiger partial charge in [0.2, 0.25) is 0 Å². The number of carboxylic acid groups (broad SMARTS) is 1. The molecule has 6 nitrogen and oxygen atoms in total. The summed E-state index contributed by atoms with van der Waals surface area (Å²) < 4.78 is 13.1. The minimum Gasteiger partial charge on any atom is -0.481 e. The number of halogens is 1. The fourth-order valence-corrected chi connectivity index (χ4v) is 1.68. The number of carboxylic acids is 1. The van der Waals surface area contributed by atoms with Crippen LogP contribution in [0, 0.1) is 15.9 Å². The lowest BCUT2D eigenvalue weighted by molar-refractivity contribution is -0.384. The minimum atomic E-state index is -0.885. The van der Waals surface area contributed by atoms with Gasteiger partial charge in [0.15, 0.2) is 0 Å². The van der Waals surface area contributed by atoms with Crippen molar-refractivity contribution in [2.24, 2.45) is 0 Å². The largest absolute Gasteiger partial charge is 0.481 e. The number of benzene rings is 1. The summed E-state index contributed by atoms with van der Waals surface area (Å²) >= 11 is 0. The highest BCUT2D eigenvalue weighted by atomic mass is 19.1. The average molecular weight is 270 g/mol. The number of nitro benzene ring substituents is 1. The second-order valence-electron chi connectivity index (χ2n) is 4.25. The van der Waals surface area contributed by atoms with Crippen molar-refractivity contribution < 1.29 is 19.2 Å². The van der Waals surface area contributed by atoms with E-state index in [0.29, 0.717) is 12.8 Å². The van der Waals surface area contributed by atoms with Gasteiger partial charge in [-0.15, -0.1) is 0 Å². The number of hydrogen-bond donors (Lipinski definition) is 2. The van der Waals surface area contributed by atoms with E-state index in [1.54, 1.807) is 6.92 Å². The summed E-state index contributed by atoms with van der Waals surface area (Å²) in [7, 11) is 0. The van der Waals surface area contributed by atoms with Crippen LogP contribution in [0.2, 0.25) is 0 Å². The van der Waals surface area contributed by atoms with Crippen molar-refractivity contribution in [3.05, 3.63) is 34.1 Å². The Morgan fingerprint density at radius 3 is 2.84 bits per heavy atom. The molecule has 7 heteroatoms. The van der Waals surface area contributed by atoms with Crippen molar-refractivity contribution in [1.29, 1.82) is 0 Å². The SMILES string of the molecule is CC(CCCC(=O)O)Nc1cc(F)ccc1[N+](=O)[O-]. The van der Waals surface area contributed by atoms with Crippen LogP contribution in [0.5, 0.6) is 0 Å². The molecule has 1 unspecified atom stereocenters. The maximum absolute atomic E-state index is 13.1. The summed E-state index contributed by atoms with van der Waals surface area (Å²) in [5, 5.41) is 22.1. The van der Waals surface area contributed by atoms with E-state index in [2.05, 4.69) is 5.32 Å². The van der Waals surface area contributed by atoms with Gasteiger partial charge in [-0.3, -0.25) is 14.9 Å². The molecule has 0 saturated carbocycles. The van der Waals surface area contributed by atoms with Gasteiger partial charge < -0.3 is 10.4 Å². The van der Waals surface area contributed by atoms with Crippen LogP contribution in [0.3, 0.4) is 0 Å². The van der Waals surface area contributed by atoms with Gasteiger partial charge in [0, 0.05) is 24.6 Å². The highest BCUT2D eigenvalue weighted by Crippen LogP contribution is 2.26. The van der Waals surface area contributed by atoms with Crippen molar-refractivity contribution >= 4 is 17.3 Å². The van der Waals surface area contributed by atoms with Crippen LogP contribution in [-0.4, -0.2) is 22.0 Å². The van der Waals surface area contributed by atoms with E-state index < -0.39 is 16.7 Å². The molecule has 2 N–H and O–H groups in total. The van der Waals surface area contributed by atoms with Gasteiger partial charge in [-0.2, -0.15) is 0 Å². The fourth-order valence-electron chi connectivity index (χ4n) is 1.68. The first-order valence-corrected chi connectivity index (χ1v) is 5.82. The minimum absolute atomic E-state index is 0.0390. The molecular weight excluding hydrogens is 255 g/mol. The number of aliphatic carboxylic acids is 1. The lowest BCUT2D eigenvalue weighted by Gasteiger charge is -2.14. The number of anilines is 1. The lowest BCUT2D eigenvalue weighted by Crippen LogP contribution is -2.16. The normalized spacial score (nSPS) is 11.9. The van der Waals surface area contributed by atoms with Crippen molar-refractivity contribution in [3.63, 3.8) is 0 Å². The molecule has 0 radical (unpaired) electrons. The van der Waals surface area contributed by atoms with Gasteiger partial charge in [0.05, 0.1) is 4.92 Å². The first kappa shape index (κ1) is 14.9. The zero-order chi connectivity index (χ0) is 14.4. The van der Waals surface area contributed by atoms with Crippen LogP contribution in [0.1, 0.15) is 26.2 Å². The fraction of sp³-hybridized carbons (Fsp3) is 0.417. The van der Waals surface area contributed by atoms with Gasteiger partial charge in [0.25, 0.3) is 5.69 Å². The maximum atomic E-state index is 13.1. The van der Waals surface area contributed by atoms with E-state index in [1.165, 1.54) is 0 Å². The van der Waals surface area contributed by atoms with Crippen molar-refractivity contribution in [1.82, 2.24) is 0 Å². The molecule has 19 heavy (non-hydrogen) atoms. The summed E-state index contributed by atoms with van der Waals surface area (Å²) in [6.45, 7) is 1.76. The van der Waals surface area contributed by atoms with E-state index >= 15 is 0 Å². The number of hydrogen-bond acceptors (Lipinski definition) is 4. The summed E-state index contributed by atoms with van der Waals surface area (Å²) in [6.07, 6.45) is 1.02. The average Bonchev–Trinajstić information content (AvgIpc) is 2.27. The first-order chi connectivity index (χ1) is 8.90. The lowest BCUT2D eigenvalue weighted by atomic mass is 10.1. The van der Waals surface area contributed by atoms with Crippen molar-refractivity contribution in [2.75, 3.05) is 5.32 Å². The molecule has 1 rings (SSSR count). The van der Waals surface area contributed by atoms with Crippen molar-refractivity contribution in [2.45, 2.75) is 32.2 Å². The zero-order valence-corrected chi connectivity index (χ0v) is 10.4. The van der Waals surface area contributed by atoms with Gasteiger partial charge in [-0.25, -0.2) is 4.39 Å². The molecule has 1 aromatic rings. The Morgan fingerprint density at radius 1 is 1.58 bits per heavy atom. The van der Waals surface area contributed by atoms with E-state index in [1.807, 2.05) is 0 Å². The van der Waals surface area contributed by atoms with Crippen LogP contribution < -0.4 is 5.32 Å². The molecular formula is C12H15FN2O4. The molecule has 1 aromatic carbocycles. The first-order valence-electron chi connectivity index (χ1n) is 5.82. The number of nitrogens with zero attached hydrogens (tertiary/aromatic N) is 1. The Hall–Kier alpha value is -2.18. The summed E-state index contributed by atoms with van der Waals surface area (Å²) in [5.74, 6) is -1.45. The Morgan fingerprint density at radius 2 is 2.26 bits per heavy atom. The summed E-state index contributed by atoms with van der Waals surface area (Å²) in [4.78, 5) is 20.6. The Labute approximate surface area is 109 Å². The Balaban J connectivity index is 2.67. The molecule has 0 aliphatic carbocycles. The smallest absolute Gasteiger partial charge is 0.303 e. The highest BCUT2D eigenvalue weighted by Gasteiger charge is 2.16. The highest BCUT2D eigenvalue weighted by molar-refractivity contribution is 5.66. The monoisotopic (exact) mass is 270 g/mol. The quantitative estimate of drug-likeness (QED) is 0.587. The molecule has 0 aliphatic rings. The van der Waals surface area contributed by atoms with Gasteiger partial charge in [-0.05, 0) is 25.8 Å². The third-order valence-electron chi connectivity index (χ3n) is 2.58. The molecule has 1 atom stereocenters. The predicted molar refractivity (Wildman–Crippen MR) is 67.6 cm³/mol. The zero-order valence-electron chi connectivity index (χ0n) is 10.4. The Bertz CT molecular complexity index is 479. The Kier molecular flexibility index (Phi) is 5.23. The van der Waals surface area contributed by atoms with Gasteiger partial charge >= 0.3 is 5.97 Å². The molecule has 0 fully saturated rings. The van der Waals surface area contributed by atoms with E-state index in [0.717, 1.165) is 18.2 Å². The van der Waals surface area contributed by atoms with Gasteiger partial charge in [0.1, 0.15) is 11.5 Å². The van der Waals surface area contributed by atoms with E-state index in [4.69, 9.17) is 5.11 Å².